The molecule has 0 fully saturated rings. The van der Waals surface area contributed by atoms with E-state index in [-0.39, 0.29) is 18.4 Å². The Morgan fingerprint density at radius 3 is 2.55 bits per heavy atom. The molecule has 3 rings (SSSR count). The van der Waals surface area contributed by atoms with Crippen molar-refractivity contribution < 1.29 is 23.9 Å². The van der Waals surface area contributed by atoms with E-state index < -0.39 is 5.97 Å². The number of thiophene rings is 1. The molecule has 1 atom stereocenters. The molecule has 1 heterocycles. The molecule has 1 aromatic carbocycles. The molecule has 0 unspecified atom stereocenters. The number of methoxy groups -OCH3 is 1. The number of hydrogen-bond acceptors (Lipinski definition) is 6. The summed E-state index contributed by atoms with van der Waals surface area (Å²) in [5.41, 5.74) is 2.10. The lowest BCUT2D eigenvalue weighted by molar-refractivity contribution is -0.118. The van der Waals surface area contributed by atoms with Gasteiger partial charge in [-0.2, -0.15) is 0 Å². The summed E-state index contributed by atoms with van der Waals surface area (Å²) >= 11 is 1.44. The standard InChI is InChI=1S/C21H24N2O5S/c1-12-4-9-16-17(10-12)29-20(19(16)21(26)27-3)23-18(25)11-28-15-7-5-14(6-8-15)22-13(2)24/h5-8,12H,4,9-11H2,1-3H3,(H,22,24)(H,23,25)/t12-/m0/s1. The van der Waals surface area contributed by atoms with Crippen LogP contribution < -0.4 is 15.4 Å². The van der Waals surface area contributed by atoms with Crippen LogP contribution >= 0.6 is 11.3 Å². The van der Waals surface area contributed by atoms with E-state index in [0.29, 0.717) is 27.9 Å². The predicted octanol–water partition coefficient (Wildman–Crippen LogP) is 3.64. The highest BCUT2D eigenvalue weighted by molar-refractivity contribution is 7.17. The van der Waals surface area contributed by atoms with Crippen molar-refractivity contribution in [3.63, 3.8) is 0 Å². The molecule has 0 spiro atoms. The SMILES string of the molecule is COC(=O)c1c(NC(=O)COc2ccc(NC(C)=O)cc2)sc2c1CC[C@H](C)C2. The molecular weight excluding hydrogens is 392 g/mol. The Morgan fingerprint density at radius 2 is 1.90 bits per heavy atom. The zero-order valence-corrected chi connectivity index (χ0v) is 17.5. The van der Waals surface area contributed by atoms with Gasteiger partial charge in [-0.05, 0) is 55.0 Å². The lowest BCUT2D eigenvalue weighted by Crippen LogP contribution is -2.21. The van der Waals surface area contributed by atoms with Crippen LogP contribution in [0.2, 0.25) is 0 Å². The van der Waals surface area contributed by atoms with Gasteiger partial charge in [0, 0.05) is 17.5 Å². The molecule has 154 valence electrons. The molecule has 0 saturated heterocycles. The molecule has 1 aliphatic carbocycles. The zero-order chi connectivity index (χ0) is 21.0. The van der Waals surface area contributed by atoms with Crippen molar-refractivity contribution >= 4 is 39.8 Å². The van der Waals surface area contributed by atoms with Gasteiger partial charge < -0.3 is 20.1 Å². The van der Waals surface area contributed by atoms with Crippen LogP contribution in [0.5, 0.6) is 5.75 Å². The highest BCUT2D eigenvalue weighted by Gasteiger charge is 2.28. The third kappa shape index (κ3) is 5.14. The van der Waals surface area contributed by atoms with Gasteiger partial charge in [0.05, 0.1) is 12.7 Å². The van der Waals surface area contributed by atoms with Crippen molar-refractivity contribution in [3.05, 3.63) is 40.3 Å². The average molecular weight is 416 g/mol. The van der Waals surface area contributed by atoms with Crippen LogP contribution in [-0.2, 0) is 27.2 Å². The summed E-state index contributed by atoms with van der Waals surface area (Å²) in [7, 11) is 1.34. The van der Waals surface area contributed by atoms with Crippen molar-refractivity contribution in [2.45, 2.75) is 33.1 Å². The molecule has 2 amide bonds. The van der Waals surface area contributed by atoms with Crippen LogP contribution in [0.25, 0.3) is 0 Å². The van der Waals surface area contributed by atoms with Gasteiger partial charge in [0.15, 0.2) is 6.61 Å². The number of ether oxygens (including phenoxy) is 2. The molecule has 29 heavy (non-hydrogen) atoms. The van der Waals surface area contributed by atoms with Gasteiger partial charge in [0.25, 0.3) is 5.91 Å². The van der Waals surface area contributed by atoms with E-state index in [1.165, 1.54) is 25.4 Å². The van der Waals surface area contributed by atoms with Gasteiger partial charge in [-0.15, -0.1) is 11.3 Å². The summed E-state index contributed by atoms with van der Waals surface area (Å²) < 4.78 is 10.4. The quantitative estimate of drug-likeness (QED) is 0.702. The lowest BCUT2D eigenvalue weighted by Gasteiger charge is -2.18. The molecule has 7 nitrogen and oxygen atoms in total. The maximum atomic E-state index is 12.4. The monoisotopic (exact) mass is 416 g/mol. The number of amides is 2. The minimum atomic E-state index is -0.429. The van der Waals surface area contributed by atoms with E-state index in [1.807, 2.05) is 0 Å². The summed E-state index contributed by atoms with van der Waals surface area (Å²) in [5.74, 6) is 0.114. The number of esters is 1. The van der Waals surface area contributed by atoms with E-state index in [2.05, 4.69) is 17.6 Å². The second kappa shape index (κ2) is 9.09. The predicted molar refractivity (Wildman–Crippen MR) is 112 cm³/mol. The van der Waals surface area contributed by atoms with Crippen molar-refractivity contribution in [1.29, 1.82) is 0 Å². The number of nitrogens with one attached hydrogen (secondary N) is 2. The Hall–Kier alpha value is -2.87. The topological polar surface area (TPSA) is 93.7 Å². The van der Waals surface area contributed by atoms with E-state index in [9.17, 15) is 14.4 Å². The molecule has 0 radical (unpaired) electrons. The Kier molecular flexibility index (Phi) is 6.53. The summed E-state index contributed by atoms with van der Waals surface area (Å²) in [4.78, 5) is 36.9. The van der Waals surface area contributed by atoms with Gasteiger partial charge >= 0.3 is 5.97 Å². The summed E-state index contributed by atoms with van der Waals surface area (Å²) in [6, 6.07) is 6.73. The van der Waals surface area contributed by atoms with Gasteiger partial charge in [-0.25, -0.2) is 4.79 Å². The number of hydrogen-bond donors (Lipinski definition) is 2. The van der Waals surface area contributed by atoms with E-state index in [1.54, 1.807) is 24.3 Å². The molecule has 1 aliphatic rings. The normalized spacial score (nSPS) is 15.2. The Labute approximate surface area is 173 Å². The van der Waals surface area contributed by atoms with Crippen molar-refractivity contribution in [1.82, 2.24) is 0 Å². The molecule has 0 bridgehead atoms. The maximum Gasteiger partial charge on any atom is 0.341 e. The van der Waals surface area contributed by atoms with Gasteiger partial charge in [-0.1, -0.05) is 6.92 Å². The first kappa shape index (κ1) is 20.9. The highest BCUT2D eigenvalue weighted by atomic mass is 32.1. The Bertz CT molecular complexity index is 920. The van der Waals surface area contributed by atoms with E-state index >= 15 is 0 Å². The first-order valence-corrected chi connectivity index (χ1v) is 10.2. The highest BCUT2D eigenvalue weighted by Crippen LogP contribution is 2.40. The minimum Gasteiger partial charge on any atom is -0.484 e. The number of carbonyl (C=O) groups is 3. The summed E-state index contributed by atoms with van der Waals surface area (Å²) in [6.45, 7) is 3.42. The van der Waals surface area contributed by atoms with E-state index in [0.717, 1.165) is 29.7 Å². The Morgan fingerprint density at radius 1 is 1.17 bits per heavy atom. The van der Waals surface area contributed by atoms with Crippen LogP contribution in [0.15, 0.2) is 24.3 Å². The third-order valence-corrected chi connectivity index (χ3v) is 5.87. The largest absolute Gasteiger partial charge is 0.484 e. The minimum absolute atomic E-state index is 0.160. The maximum absolute atomic E-state index is 12.4. The summed E-state index contributed by atoms with van der Waals surface area (Å²) in [6.07, 6.45) is 2.72. The van der Waals surface area contributed by atoms with Crippen LogP contribution in [0.3, 0.4) is 0 Å². The van der Waals surface area contributed by atoms with Crippen molar-refractivity contribution in [2.24, 2.45) is 5.92 Å². The molecule has 0 saturated carbocycles. The molecule has 2 N–H and O–H groups in total. The van der Waals surface area contributed by atoms with Crippen LogP contribution in [0.4, 0.5) is 10.7 Å². The molecule has 1 aromatic heterocycles. The van der Waals surface area contributed by atoms with Crippen molar-refractivity contribution in [2.75, 3.05) is 24.4 Å². The second-order valence-corrected chi connectivity index (χ2v) is 8.20. The molecular formula is C21H24N2O5S. The number of benzene rings is 1. The van der Waals surface area contributed by atoms with Crippen LogP contribution in [0, 0.1) is 5.92 Å². The second-order valence-electron chi connectivity index (χ2n) is 7.09. The number of carbonyl (C=O) groups excluding carboxylic acids is 3. The fraction of sp³-hybridized carbons (Fsp3) is 0.381. The average Bonchev–Trinajstić information content (AvgIpc) is 3.03. The fourth-order valence-electron chi connectivity index (χ4n) is 3.31. The van der Waals surface area contributed by atoms with Gasteiger partial charge in [0.1, 0.15) is 10.8 Å². The first-order valence-electron chi connectivity index (χ1n) is 9.40. The van der Waals surface area contributed by atoms with Crippen molar-refractivity contribution in [3.8, 4) is 5.75 Å². The number of anilines is 2. The molecule has 0 aliphatic heterocycles. The summed E-state index contributed by atoms with van der Waals surface area (Å²) in [5, 5.41) is 5.98. The Balaban J connectivity index is 1.66. The van der Waals surface area contributed by atoms with Gasteiger partial charge in [0.2, 0.25) is 5.91 Å². The van der Waals surface area contributed by atoms with Gasteiger partial charge in [-0.3, -0.25) is 9.59 Å². The lowest BCUT2D eigenvalue weighted by atomic mass is 9.88. The van der Waals surface area contributed by atoms with Crippen LogP contribution in [0.1, 0.15) is 41.1 Å². The molecule has 2 aromatic rings. The van der Waals surface area contributed by atoms with Crippen LogP contribution in [-0.4, -0.2) is 31.5 Å². The number of rotatable bonds is 6. The number of fused-ring (bicyclic) bond motifs is 1. The first-order chi connectivity index (χ1) is 13.9. The van der Waals surface area contributed by atoms with E-state index in [4.69, 9.17) is 9.47 Å². The zero-order valence-electron chi connectivity index (χ0n) is 16.7. The smallest absolute Gasteiger partial charge is 0.341 e. The fourth-order valence-corrected chi connectivity index (χ4v) is 4.72. The third-order valence-electron chi connectivity index (χ3n) is 4.70. The molecule has 8 heteroatoms.